The fourth-order valence-corrected chi connectivity index (χ4v) is 1.96. The zero-order valence-corrected chi connectivity index (χ0v) is 12.8. The van der Waals surface area contributed by atoms with E-state index < -0.39 is 0 Å². The van der Waals surface area contributed by atoms with Crippen molar-refractivity contribution in [3.8, 4) is 5.75 Å². The Hall–Kier alpha value is -2.56. The van der Waals surface area contributed by atoms with Gasteiger partial charge in [0.2, 0.25) is 5.91 Å². The number of aromatic nitrogens is 1. The van der Waals surface area contributed by atoms with Crippen LogP contribution in [0.5, 0.6) is 5.75 Å². The highest BCUT2D eigenvalue weighted by Crippen LogP contribution is 2.16. The van der Waals surface area contributed by atoms with Crippen LogP contribution in [0.2, 0.25) is 0 Å². The predicted molar refractivity (Wildman–Crippen MR) is 83.3 cm³/mol. The average molecular weight is 300 g/mol. The molecule has 0 aliphatic carbocycles. The van der Waals surface area contributed by atoms with Crippen molar-refractivity contribution in [2.45, 2.75) is 26.8 Å². The van der Waals surface area contributed by atoms with E-state index in [1.807, 2.05) is 32.0 Å². The number of rotatable bonds is 6. The molecule has 5 heteroatoms. The van der Waals surface area contributed by atoms with E-state index in [0.29, 0.717) is 17.9 Å². The van der Waals surface area contributed by atoms with E-state index in [2.05, 4.69) is 5.32 Å². The Morgan fingerprint density at radius 2 is 2.09 bits per heavy atom. The smallest absolute Gasteiger partial charge is 0.223 e. The van der Waals surface area contributed by atoms with E-state index in [9.17, 15) is 10.0 Å². The summed E-state index contributed by atoms with van der Waals surface area (Å²) in [6, 6.07) is 9.30. The topological polar surface area (TPSA) is 65.3 Å². The molecule has 0 saturated carbocycles. The summed E-state index contributed by atoms with van der Waals surface area (Å²) in [7, 11) is 0. The van der Waals surface area contributed by atoms with E-state index in [4.69, 9.17) is 4.74 Å². The van der Waals surface area contributed by atoms with E-state index in [0.717, 1.165) is 16.9 Å². The van der Waals surface area contributed by atoms with E-state index >= 15 is 0 Å². The molecule has 1 aromatic carbocycles. The molecule has 0 fully saturated rings. The van der Waals surface area contributed by atoms with Gasteiger partial charge in [-0.05, 0) is 43.2 Å². The lowest BCUT2D eigenvalue weighted by atomic mass is 10.1. The SMILES string of the molecule is Cc1ccc(OCCC(=O)NCc2ccc[n+]([O-])c2)cc1C. The summed E-state index contributed by atoms with van der Waals surface area (Å²) in [5.41, 5.74) is 3.14. The zero-order chi connectivity index (χ0) is 15.9. The van der Waals surface area contributed by atoms with Gasteiger partial charge < -0.3 is 15.3 Å². The lowest BCUT2D eigenvalue weighted by molar-refractivity contribution is -0.605. The molecule has 1 N–H and O–H groups in total. The number of nitrogens with zero attached hydrogens (tertiary/aromatic N) is 1. The van der Waals surface area contributed by atoms with Crippen molar-refractivity contribution in [3.63, 3.8) is 0 Å². The fourth-order valence-electron chi connectivity index (χ4n) is 1.96. The second-order valence-electron chi connectivity index (χ2n) is 5.19. The summed E-state index contributed by atoms with van der Waals surface area (Å²) in [6.45, 7) is 4.73. The van der Waals surface area contributed by atoms with Crippen LogP contribution in [-0.2, 0) is 11.3 Å². The molecule has 2 aromatic rings. The monoisotopic (exact) mass is 300 g/mol. The summed E-state index contributed by atoms with van der Waals surface area (Å²) in [5, 5.41) is 13.9. The molecule has 0 bridgehead atoms. The van der Waals surface area contributed by atoms with Crippen molar-refractivity contribution in [2.75, 3.05) is 6.61 Å². The van der Waals surface area contributed by atoms with Crippen LogP contribution in [0.1, 0.15) is 23.1 Å². The fraction of sp³-hybridized carbons (Fsp3) is 0.294. The Labute approximate surface area is 130 Å². The number of pyridine rings is 1. The van der Waals surface area contributed by atoms with Crippen LogP contribution in [0.4, 0.5) is 0 Å². The van der Waals surface area contributed by atoms with Crippen molar-refractivity contribution in [2.24, 2.45) is 0 Å². The second kappa shape index (κ2) is 7.45. The number of carbonyl (C=O) groups is 1. The molecule has 22 heavy (non-hydrogen) atoms. The number of aryl methyl sites for hydroxylation is 2. The summed E-state index contributed by atoms with van der Waals surface area (Å²) < 4.78 is 6.28. The van der Waals surface area contributed by atoms with Gasteiger partial charge in [0, 0.05) is 18.2 Å². The molecule has 1 amide bonds. The van der Waals surface area contributed by atoms with Gasteiger partial charge in [-0.1, -0.05) is 6.07 Å². The van der Waals surface area contributed by atoms with Crippen LogP contribution >= 0.6 is 0 Å². The van der Waals surface area contributed by atoms with Gasteiger partial charge in [0.25, 0.3) is 0 Å². The van der Waals surface area contributed by atoms with Gasteiger partial charge in [0.15, 0.2) is 12.4 Å². The summed E-state index contributed by atoms with van der Waals surface area (Å²) in [5.74, 6) is 0.663. The minimum atomic E-state index is -0.106. The first kappa shape index (κ1) is 15.8. The molecule has 0 unspecified atom stereocenters. The van der Waals surface area contributed by atoms with E-state index in [1.165, 1.54) is 18.0 Å². The highest BCUT2D eigenvalue weighted by molar-refractivity contribution is 5.75. The van der Waals surface area contributed by atoms with Gasteiger partial charge >= 0.3 is 0 Å². The minimum Gasteiger partial charge on any atom is -0.619 e. The third kappa shape index (κ3) is 4.77. The number of nitrogens with one attached hydrogen (secondary N) is 1. The van der Waals surface area contributed by atoms with Crippen LogP contribution < -0.4 is 14.8 Å². The molecule has 1 aromatic heterocycles. The number of benzene rings is 1. The molecule has 1 heterocycles. The van der Waals surface area contributed by atoms with Crippen molar-refractivity contribution in [3.05, 3.63) is 64.6 Å². The number of ether oxygens (including phenoxy) is 1. The first-order chi connectivity index (χ1) is 10.5. The van der Waals surface area contributed by atoms with Crippen LogP contribution in [-0.4, -0.2) is 12.5 Å². The van der Waals surface area contributed by atoms with Crippen LogP contribution in [0.3, 0.4) is 0 Å². The molecule has 0 spiro atoms. The number of carbonyl (C=O) groups excluding carboxylic acids is 1. The van der Waals surface area contributed by atoms with Gasteiger partial charge in [-0.15, -0.1) is 0 Å². The van der Waals surface area contributed by atoms with Crippen molar-refractivity contribution < 1.29 is 14.3 Å². The van der Waals surface area contributed by atoms with Crippen molar-refractivity contribution in [1.29, 1.82) is 0 Å². The van der Waals surface area contributed by atoms with Gasteiger partial charge in [0.1, 0.15) is 5.75 Å². The third-order valence-corrected chi connectivity index (χ3v) is 3.40. The van der Waals surface area contributed by atoms with Gasteiger partial charge in [0.05, 0.1) is 13.0 Å². The molecule has 0 atom stereocenters. The standard InChI is InChI=1S/C17H20N2O3/c1-13-5-6-16(10-14(13)2)22-9-7-17(20)18-11-15-4-3-8-19(21)12-15/h3-6,8,10,12H,7,9,11H2,1-2H3,(H,18,20). The molecule has 2 rings (SSSR count). The summed E-state index contributed by atoms with van der Waals surface area (Å²) in [4.78, 5) is 11.7. The van der Waals surface area contributed by atoms with Gasteiger partial charge in [-0.2, -0.15) is 4.73 Å². The molecule has 0 aliphatic heterocycles. The Bertz CT molecular complexity index is 656. The predicted octanol–water partition coefficient (Wildman–Crippen LogP) is 2.02. The Morgan fingerprint density at radius 1 is 1.27 bits per heavy atom. The minimum absolute atomic E-state index is 0.106. The maximum Gasteiger partial charge on any atom is 0.223 e. The second-order valence-corrected chi connectivity index (χ2v) is 5.19. The number of hydrogen-bond donors (Lipinski definition) is 1. The highest BCUT2D eigenvalue weighted by atomic mass is 16.5. The Balaban J connectivity index is 1.72. The third-order valence-electron chi connectivity index (χ3n) is 3.40. The van der Waals surface area contributed by atoms with E-state index in [1.54, 1.807) is 12.1 Å². The van der Waals surface area contributed by atoms with Gasteiger partial charge in [-0.3, -0.25) is 4.79 Å². The highest BCUT2D eigenvalue weighted by Gasteiger charge is 2.04. The zero-order valence-electron chi connectivity index (χ0n) is 12.8. The van der Waals surface area contributed by atoms with Crippen molar-refractivity contribution >= 4 is 5.91 Å². The largest absolute Gasteiger partial charge is 0.619 e. The molecule has 0 radical (unpaired) electrons. The maximum absolute atomic E-state index is 11.7. The summed E-state index contributed by atoms with van der Waals surface area (Å²) >= 11 is 0. The molecule has 0 aliphatic rings. The number of hydrogen-bond acceptors (Lipinski definition) is 3. The average Bonchev–Trinajstić information content (AvgIpc) is 2.49. The lowest BCUT2D eigenvalue weighted by Crippen LogP contribution is -2.28. The molecular formula is C17H20N2O3. The van der Waals surface area contributed by atoms with E-state index in [-0.39, 0.29) is 12.3 Å². The Kier molecular flexibility index (Phi) is 5.36. The first-order valence-electron chi connectivity index (χ1n) is 7.19. The van der Waals surface area contributed by atoms with Crippen LogP contribution in [0.25, 0.3) is 0 Å². The van der Waals surface area contributed by atoms with Crippen molar-refractivity contribution in [1.82, 2.24) is 5.32 Å². The van der Waals surface area contributed by atoms with Crippen LogP contribution in [0, 0.1) is 19.1 Å². The van der Waals surface area contributed by atoms with Crippen LogP contribution in [0.15, 0.2) is 42.7 Å². The quantitative estimate of drug-likeness (QED) is 0.655. The number of amides is 1. The normalized spacial score (nSPS) is 10.3. The first-order valence-corrected chi connectivity index (χ1v) is 7.19. The molecule has 0 saturated heterocycles. The molecule has 116 valence electrons. The van der Waals surface area contributed by atoms with Gasteiger partial charge in [-0.25, -0.2) is 0 Å². The lowest BCUT2D eigenvalue weighted by Gasteiger charge is -2.09. The molecule has 5 nitrogen and oxygen atoms in total. The summed E-state index contributed by atoms with van der Waals surface area (Å²) in [6.07, 6.45) is 3.12. The Morgan fingerprint density at radius 3 is 2.82 bits per heavy atom. The molecular weight excluding hydrogens is 280 g/mol. The maximum atomic E-state index is 11.7.